The van der Waals surface area contributed by atoms with Gasteiger partial charge in [-0.15, -0.1) is 0 Å². The number of carboxylic acid groups (broad SMARTS) is 1. The first-order valence-corrected chi connectivity index (χ1v) is 9.97. The molecule has 31 heavy (non-hydrogen) atoms. The lowest BCUT2D eigenvalue weighted by molar-refractivity contribution is -0.141. The van der Waals surface area contributed by atoms with E-state index in [0.29, 0.717) is 16.9 Å². The van der Waals surface area contributed by atoms with Crippen LogP contribution in [0.2, 0.25) is 0 Å². The van der Waals surface area contributed by atoms with E-state index < -0.39 is 23.5 Å². The van der Waals surface area contributed by atoms with Crippen molar-refractivity contribution < 1.29 is 23.8 Å². The van der Waals surface area contributed by atoms with Gasteiger partial charge in [-0.2, -0.15) is 0 Å². The molecule has 2 aromatic carbocycles. The van der Waals surface area contributed by atoms with Crippen LogP contribution in [0, 0.1) is 13.8 Å². The number of nitrogens with one attached hydrogen (secondary N) is 1. The van der Waals surface area contributed by atoms with Crippen LogP contribution in [0.15, 0.2) is 51.7 Å². The Kier molecular flexibility index (Phi) is 6.74. The molecule has 0 aliphatic carbocycles. The van der Waals surface area contributed by atoms with E-state index in [2.05, 4.69) is 5.32 Å². The highest BCUT2D eigenvalue weighted by Crippen LogP contribution is 2.29. The van der Waals surface area contributed by atoms with Crippen molar-refractivity contribution in [1.29, 1.82) is 0 Å². The second kappa shape index (κ2) is 9.47. The van der Waals surface area contributed by atoms with Crippen LogP contribution in [0.1, 0.15) is 28.7 Å². The summed E-state index contributed by atoms with van der Waals surface area (Å²) in [4.78, 5) is 36.5. The Labute approximate surface area is 179 Å². The first-order valence-electron chi connectivity index (χ1n) is 9.97. The van der Waals surface area contributed by atoms with Crippen LogP contribution in [-0.4, -0.2) is 30.1 Å². The Morgan fingerprint density at radius 3 is 2.45 bits per heavy atom. The van der Waals surface area contributed by atoms with E-state index in [0.717, 1.165) is 22.1 Å². The molecule has 162 valence electrons. The van der Waals surface area contributed by atoms with Crippen molar-refractivity contribution in [2.75, 3.05) is 7.11 Å². The number of amides is 1. The molecule has 0 spiro atoms. The molecule has 1 amide bonds. The molecule has 2 N–H and O–H groups in total. The molecule has 7 heteroatoms. The third-order valence-electron chi connectivity index (χ3n) is 5.39. The SMILES string of the molecule is COc1ccc2c(C)c(CCC(=O)N[C@H](Cc3ccccc3)C(=O)O)c(=O)oc2c1C. The van der Waals surface area contributed by atoms with E-state index in [9.17, 15) is 19.5 Å². The third-order valence-corrected chi connectivity index (χ3v) is 5.39. The fourth-order valence-electron chi connectivity index (χ4n) is 3.64. The number of carbonyl (C=O) groups excluding carboxylic acids is 1. The van der Waals surface area contributed by atoms with Gasteiger partial charge < -0.3 is 19.6 Å². The van der Waals surface area contributed by atoms with E-state index in [1.165, 1.54) is 0 Å². The second-order valence-electron chi connectivity index (χ2n) is 7.41. The minimum atomic E-state index is -1.11. The third kappa shape index (κ3) is 4.94. The van der Waals surface area contributed by atoms with Crippen molar-refractivity contribution in [3.8, 4) is 5.75 Å². The first-order chi connectivity index (χ1) is 14.8. The van der Waals surface area contributed by atoms with Gasteiger partial charge in [-0.1, -0.05) is 30.3 Å². The minimum absolute atomic E-state index is 0.0230. The maximum atomic E-state index is 12.6. The number of rotatable bonds is 8. The van der Waals surface area contributed by atoms with Gasteiger partial charge in [0.2, 0.25) is 5.91 Å². The molecule has 3 rings (SSSR count). The zero-order chi connectivity index (χ0) is 22.5. The Balaban J connectivity index is 1.74. The summed E-state index contributed by atoms with van der Waals surface area (Å²) in [7, 11) is 1.55. The average Bonchev–Trinajstić information content (AvgIpc) is 2.74. The number of methoxy groups -OCH3 is 1. The van der Waals surface area contributed by atoms with E-state index in [-0.39, 0.29) is 19.3 Å². The Bertz CT molecular complexity index is 1170. The molecule has 7 nitrogen and oxygen atoms in total. The van der Waals surface area contributed by atoms with Crippen molar-refractivity contribution in [3.63, 3.8) is 0 Å². The molecule has 3 aromatic rings. The molecule has 0 aliphatic heterocycles. The van der Waals surface area contributed by atoms with Crippen molar-refractivity contribution in [1.82, 2.24) is 5.32 Å². The lowest BCUT2D eigenvalue weighted by atomic mass is 10.00. The Morgan fingerprint density at radius 2 is 1.81 bits per heavy atom. The molecule has 0 saturated carbocycles. The lowest BCUT2D eigenvalue weighted by Gasteiger charge is -2.15. The quantitative estimate of drug-likeness (QED) is 0.539. The van der Waals surface area contributed by atoms with E-state index in [1.54, 1.807) is 7.11 Å². The van der Waals surface area contributed by atoms with Crippen molar-refractivity contribution in [2.45, 2.75) is 39.2 Å². The topological polar surface area (TPSA) is 106 Å². The molecular weight excluding hydrogens is 398 g/mol. The van der Waals surface area contributed by atoms with Crippen molar-refractivity contribution >= 4 is 22.8 Å². The summed E-state index contributed by atoms with van der Waals surface area (Å²) in [6.07, 6.45) is 0.309. The van der Waals surface area contributed by atoms with Gasteiger partial charge in [-0.3, -0.25) is 4.79 Å². The van der Waals surface area contributed by atoms with Crippen LogP contribution in [0.4, 0.5) is 0 Å². The summed E-state index contributed by atoms with van der Waals surface area (Å²) in [5, 5.41) is 12.8. The largest absolute Gasteiger partial charge is 0.496 e. The molecule has 1 heterocycles. The van der Waals surface area contributed by atoms with Crippen molar-refractivity contribution in [2.24, 2.45) is 0 Å². The Hall–Kier alpha value is -3.61. The van der Waals surface area contributed by atoms with Gasteiger partial charge in [0.25, 0.3) is 0 Å². The highest BCUT2D eigenvalue weighted by molar-refractivity contribution is 5.86. The fourth-order valence-corrected chi connectivity index (χ4v) is 3.64. The standard InChI is InChI=1S/C24H25NO6/c1-14-17-9-11-20(30-3)15(2)22(17)31-24(29)18(14)10-12-21(26)25-19(23(27)28)13-16-7-5-4-6-8-16/h4-9,11,19H,10,12-13H2,1-3H3,(H,25,26)(H,27,28)/t19-/m1/s1. The van der Waals surface area contributed by atoms with Crippen LogP contribution in [-0.2, 0) is 22.4 Å². The molecule has 0 saturated heterocycles. The normalized spacial score (nSPS) is 11.8. The number of carbonyl (C=O) groups is 2. The van der Waals surface area contributed by atoms with Gasteiger partial charge in [0.05, 0.1) is 7.11 Å². The molecule has 0 aliphatic rings. The number of ether oxygens (including phenoxy) is 1. The summed E-state index contributed by atoms with van der Waals surface area (Å²) in [5.74, 6) is -0.920. The first kappa shape index (κ1) is 22.1. The van der Waals surface area contributed by atoms with Crippen LogP contribution < -0.4 is 15.7 Å². The fraction of sp³-hybridized carbons (Fsp3) is 0.292. The molecular formula is C24H25NO6. The number of hydrogen-bond acceptors (Lipinski definition) is 5. The molecule has 1 atom stereocenters. The molecule has 0 unspecified atom stereocenters. The zero-order valence-corrected chi connectivity index (χ0v) is 17.7. The van der Waals surface area contributed by atoms with Gasteiger partial charge in [0.1, 0.15) is 17.4 Å². The average molecular weight is 423 g/mol. The molecule has 1 aromatic heterocycles. The predicted octanol–water partition coefficient (Wildman–Crippen LogP) is 3.16. The number of fused-ring (bicyclic) bond motifs is 1. The van der Waals surface area contributed by atoms with Gasteiger partial charge in [-0.25, -0.2) is 9.59 Å². The van der Waals surface area contributed by atoms with E-state index >= 15 is 0 Å². The second-order valence-corrected chi connectivity index (χ2v) is 7.41. The summed E-state index contributed by atoms with van der Waals surface area (Å²) in [6.45, 7) is 3.63. The predicted molar refractivity (Wildman–Crippen MR) is 117 cm³/mol. The number of hydrogen-bond donors (Lipinski definition) is 2. The zero-order valence-electron chi connectivity index (χ0n) is 17.7. The van der Waals surface area contributed by atoms with Gasteiger partial charge in [-0.05, 0) is 43.5 Å². The number of benzene rings is 2. The maximum Gasteiger partial charge on any atom is 0.339 e. The lowest BCUT2D eigenvalue weighted by Crippen LogP contribution is -2.42. The van der Waals surface area contributed by atoms with Gasteiger partial charge in [0.15, 0.2) is 0 Å². The number of aliphatic carboxylic acids is 1. The van der Waals surface area contributed by atoms with Crippen LogP contribution in [0.3, 0.4) is 0 Å². The smallest absolute Gasteiger partial charge is 0.339 e. The van der Waals surface area contributed by atoms with E-state index in [1.807, 2.05) is 56.3 Å². The Morgan fingerprint density at radius 1 is 1.10 bits per heavy atom. The minimum Gasteiger partial charge on any atom is -0.496 e. The van der Waals surface area contributed by atoms with Gasteiger partial charge >= 0.3 is 11.6 Å². The summed E-state index contributed by atoms with van der Waals surface area (Å²) in [5.41, 5.74) is 2.64. The highest BCUT2D eigenvalue weighted by Gasteiger charge is 2.21. The molecule has 0 fully saturated rings. The highest BCUT2D eigenvalue weighted by atomic mass is 16.5. The molecule has 0 bridgehead atoms. The molecule has 0 radical (unpaired) electrons. The monoisotopic (exact) mass is 423 g/mol. The summed E-state index contributed by atoms with van der Waals surface area (Å²) >= 11 is 0. The van der Waals surface area contributed by atoms with E-state index in [4.69, 9.17) is 9.15 Å². The summed E-state index contributed by atoms with van der Waals surface area (Å²) < 4.78 is 10.8. The number of aryl methyl sites for hydroxylation is 2. The van der Waals surface area contributed by atoms with Crippen LogP contribution in [0.25, 0.3) is 11.0 Å². The van der Waals surface area contributed by atoms with Crippen LogP contribution >= 0.6 is 0 Å². The summed E-state index contributed by atoms with van der Waals surface area (Å²) in [6, 6.07) is 11.7. The van der Waals surface area contributed by atoms with Crippen molar-refractivity contribution in [3.05, 3.63) is 75.1 Å². The number of carboxylic acids is 1. The van der Waals surface area contributed by atoms with Gasteiger partial charge in [0, 0.05) is 29.4 Å². The maximum absolute atomic E-state index is 12.6. The van der Waals surface area contributed by atoms with Crippen LogP contribution in [0.5, 0.6) is 5.75 Å².